The molecule has 1 saturated carbocycles. The van der Waals surface area contributed by atoms with Gasteiger partial charge in [0.15, 0.2) is 0 Å². The second-order valence-corrected chi connectivity index (χ2v) is 5.07. The number of hydrogen-bond acceptors (Lipinski definition) is 2. The average molecular weight is 287 g/mol. The third-order valence-corrected chi connectivity index (χ3v) is 3.48. The predicted molar refractivity (Wildman–Crippen MR) is 76.1 cm³/mol. The number of rotatable bonds is 2. The molecule has 3 nitrogen and oxygen atoms in total. The van der Waals surface area contributed by atoms with Crippen LogP contribution in [0.15, 0.2) is 18.2 Å². The van der Waals surface area contributed by atoms with Crippen LogP contribution in [0.4, 0.5) is 4.39 Å². The standard InChI is InChI=1S/C14H19FN2O.ClH/c1-9-2-7-12(13(15)8-9)14(18)17-11-5-3-10(16)4-6-11;/h2,7-8,10-11H,3-6,16H2,1H3,(H,17,18);1H. The van der Waals surface area contributed by atoms with Gasteiger partial charge in [0.25, 0.3) is 5.91 Å². The Morgan fingerprint density at radius 2 is 1.95 bits per heavy atom. The van der Waals surface area contributed by atoms with E-state index in [-0.39, 0.29) is 36.0 Å². The highest BCUT2D eigenvalue weighted by Crippen LogP contribution is 2.18. The molecule has 0 unspecified atom stereocenters. The maximum absolute atomic E-state index is 13.6. The molecule has 1 fully saturated rings. The second kappa shape index (κ2) is 6.87. The molecular formula is C14H20ClFN2O. The molecule has 1 amide bonds. The van der Waals surface area contributed by atoms with Crippen molar-refractivity contribution in [1.82, 2.24) is 5.32 Å². The SMILES string of the molecule is Cc1ccc(C(=O)NC2CCC(N)CC2)c(F)c1.Cl. The van der Waals surface area contributed by atoms with Crippen molar-refractivity contribution in [3.63, 3.8) is 0 Å². The van der Waals surface area contributed by atoms with Crippen LogP contribution in [0, 0.1) is 12.7 Å². The molecule has 0 radical (unpaired) electrons. The van der Waals surface area contributed by atoms with E-state index in [9.17, 15) is 9.18 Å². The first-order valence-electron chi connectivity index (χ1n) is 6.39. The van der Waals surface area contributed by atoms with E-state index < -0.39 is 5.82 Å². The van der Waals surface area contributed by atoms with Crippen LogP contribution in [0.25, 0.3) is 0 Å². The summed E-state index contributed by atoms with van der Waals surface area (Å²) in [6, 6.07) is 5.03. The monoisotopic (exact) mass is 286 g/mol. The van der Waals surface area contributed by atoms with Gasteiger partial charge in [0, 0.05) is 12.1 Å². The highest BCUT2D eigenvalue weighted by atomic mass is 35.5. The third kappa shape index (κ3) is 4.18. The lowest BCUT2D eigenvalue weighted by Crippen LogP contribution is -2.40. The molecule has 0 aliphatic heterocycles. The molecule has 1 aliphatic rings. The van der Waals surface area contributed by atoms with Crippen molar-refractivity contribution in [3.8, 4) is 0 Å². The summed E-state index contributed by atoms with van der Waals surface area (Å²) >= 11 is 0. The number of carbonyl (C=O) groups excluding carboxylic acids is 1. The molecule has 0 saturated heterocycles. The van der Waals surface area contributed by atoms with Crippen molar-refractivity contribution in [3.05, 3.63) is 35.1 Å². The summed E-state index contributed by atoms with van der Waals surface area (Å²) in [5, 5.41) is 2.88. The van der Waals surface area contributed by atoms with Gasteiger partial charge in [0.1, 0.15) is 5.82 Å². The van der Waals surface area contributed by atoms with Crippen LogP contribution in [0.5, 0.6) is 0 Å². The van der Waals surface area contributed by atoms with Crippen molar-refractivity contribution >= 4 is 18.3 Å². The summed E-state index contributed by atoms with van der Waals surface area (Å²) in [6.07, 6.45) is 3.59. The topological polar surface area (TPSA) is 55.1 Å². The molecule has 1 aromatic carbocycles. The van der Waals surface area contributed by atoms with Crippen LogP contribution in [0.3, 0.4) is 0 Å². The summed E-state index contributed by atoms with van der Waals surface area (Å²) in [7, 11) is 0. The highest BCUT2D eigenvalue weighted by molar-refractivity contribution is 5.94. The summed E-state index contributed by atoms with van der Waals surface area (Å²) in [4.78, 5) is 11.9. The molecule has 1 aromatic rings. The van der Waals surface area contributed by atoms with Crippen molar-refractivity contribution < 1.29 is 9.18 Å². The number of nitrogens with two attached hydrogens (primary N) is 1. The molecule has 0 heterocycles. The largest absolute Gasteiger partial charge is 0.349 e. The van der Waals surface area contributed by atoms with Gasteiger partial charge in [0.05, 0.1) is 5.56 Å². The van der Waals surface area contributed by atoms with Crippen LogP contribution in [0.2, 0.25) is 0 Å². The number of aryl methyl sites for hydroxylation is 1. The zero-order chi connectivity index (χ0) is 13.1. The van der Waals surface area contributed by atoms with E-state index in [0.29, 0.717) is 0 Å². The van der Waals surface area contributed by atoms with Crippen LogP contribution in [-0.4, -0.2) is 18.0 Å². The minimum atomic E-state index is -0.458. The van der Waals surface area contributed by atoms with Crippen LogP contribution >= 0.6 is 12.4 Å². The fourth-order valence-electron chi connectivity index (χ4n) is 2.33. The minimum Gasteiger partial charge on any atom is -0.349 e. The molecule has 106 valence electrons. The van der Waals surface area contributed by atoms with Crippen LogP contribution < -0.4 is 11.1 Å². The Hall–Kier alpha value is -1.13. The first-order chi connectivity index (χ1) is 8.56. The maximum atomic E-state index is 13.6. The minimum absolute atomic E-state index is 0. The van der Waals surface area contributed by atoms with E-state index in [1.807, 2.05) is 0 Å². The van der Waals surface area contributed by atoms with Crippen molar-refractivity contribution in [2.45, 2.75) is 44.7 Å². The van der Waals surface area contributed by atoms with Crippen molar-refractivity contribution in [1.29, 1.82) is 0 Å². The van der Waals surface area contributed by atoms with Gasteiger partial charge in [0.2, 0.25) is 0 Å². The quantitative estimate of drug-likeness (QED) is 0.878. The molecule has 0 atom stereocenters. The van der Waals surface area contributed by atoms with E-state index in [1.165, 1.54) is 12.1 Å². The van der Waals surface area contributed by atoms with Gasteiger partial charge in [-0.1, -0.05) is 6.07 Å². The fraction of sp³-hybridized carbons (Fsp3) is 0.500. The van der Waals surface area contributed by atoms with Crippen LogP contribution in [-0.2, 0) is 0 Å². The summed E-state index contributed by atoms with van der Waals surface area (Å²) in [5.41, 5.74) is 6.74. The number of benzene rings is 1. The molecule has 5 heteroatoms. The van der Waals surface area contributed by atoms with E-state index in [2.05, 4.69) is 5.32 Å². The lowest BCUT2D eigenvalue weighted by molar-refractivity contribution is 0.0922. The summed E-state index contributed by atoms with van der Waals surface area (Å²) in [5.74, 6) is -0.784. The van der Waals surface area contributed by atoms with E-state index in [4.69, 9.17) is 5.73 Å². The Labute approximate surface area is 119 Å². The zero-order valence-electron chi connectivity index (χ0n) is 11.0. The van der Waals surface area contributed by atoms with Gasteiger partial charge in [-0.25, -0.2) is 4.39 Å². The van der Waals surface area contributed by atoms with Crippen molar-refractivity contribution in [2.24, 2.45) is 5.73 Å². The maximum Gasteiger partial charge on any atom is 0.254 e. The predicted octanol–water partition coefficient (Wildman–Crippen LogP) is 2.56. The lowest BCUT2D eigenvalue weighted by atomic mass is 9.91. The first-order valence-corrected chi connectivity index (χ1v) is 6.39. The smallest absolute Gasteiger partial charge is 0.254 e. The second-order valence-electron chi connectivity index (χ2n) is 5.07. The Kier molecular flexibility index (Phi) is 5.76. The lowest BCUT2D eigenvalue weighted by Gasteiger charge is -2.26. The molecule has 0 bridgehead atoms. The molecule has 3 N–H and O–H groups in total. The molecule has 0 aromatic heterocycles. The van der Waals surface area contributed by atoms with Gasteiger partial charge >= 0.3 is 0 Å². The Bertz CT molecular complexity index is 445. The zero-order valence-corrected chi connectivity index (χ0v) is 11.8. The Morgan fingerprint density at radius 1 is 1.32 bits per heavy atom. The first kappa shape index (κ1) is 15.9. The van der Waals surface area contributed by atoms with Gasteiger partial charge in [-0.05, 0) is 50.3 Å². The number of hydrogen-bond donors (Lipinski definition) is 2. The van der Waals surface area contributed by atoms with Gasteiger partial charge in [-0.2, -0.15) is 0 Å². The van der Waals surface area contributed by atoms with E-state index in [0.717, 1.165) is 31.2 Å². The molecule has 2 rings (SSSR count). The van der Waals surface area contributed by atoms with Crippen LogP contribution in [0.1, 0.15) is 41.6 Å². The Balaban J connectivity index is 0.00000180. The Morgan fingerprint density at radius 3 is 2.53 bits per heavy atom. The van der Waals surface area contributed by atoms with Gasteiger partial charge in [-0.15, -0.1) is 12.4 Å². The summed E-state index contributed by atoms with van der Waals surface area (Å²) < 4.78 is 13.6. The van der Waals surface area contributed by atoms with Gasteiger partial charge < -0.3 is 11.1 Å². The van der Waals surface area contributed by atoms with E-state index >= 15 is 0 Å². The highest BCUT2D eigenvalue weighted by Gasteiger charge is 2.21. The number of nitrogens with one attached hydrogen (secondary N) is 1. The fourth-order valence-corrected chi connectivity index (χ4v) is 2.33. The normalized spacial score (nSPS) is 22.5. The average Bonchev–Trinajstić information content (AvgIpc) is 2.32. The molecule has 1 aliphatic carbocycles. The number of amides is 1. The molecule has 0 spiro atoms. The van der Waals surface area contributed by atoms with Gasteiger partial charge in [-0.3, -0.25) is 4.79 Å². The number of carbonyl (C=O) groups is 1. The van der Waals surface area contributed by atoms with Crippen molar-refractivity contribution in [2.75, 3.05) is 0 Å². The van der Waals surface area contributed by atoms with E-state index in [1.54, 1.807) is 13.0 Å². The molecule has 19 heavy (non-hydrogen) atoms. The third-order valence-electron chi connectivity index (χ3n) is 3.48. The number of halogens is 2. The molecular weight excluding hydrogens is 267 g/mol. The summed E-state index contributed by atoms with van der Waals surface area (Å²) in [6.45, 7) is 1.80.